The summed E-state index contributed by atoms with van der Waals surface area (Å²) in [5.41, 5.74) is 1.49. The Morgan fingerprint density at radius 3 is 3.07 bits per heavy atom. The Bertz CT molecular complexity index is 211. The first-order valence-electron chi connectivity index (χ1n) is 5.26. The van der Waals surface area contributed by atoms with Crippen LogP contribution < -0.4 is 5.32 Å². The van der Waals surface area contributed by atoms with Gasteiger partial charge in [0.25, 0.3) is 0 Å². The second-order valence-electron chi connectivity index (χ2n) is 3.64. The van der Waals surface area contributed by atoms with E-state index in [4.69, 9.17) is 4.74 Å². The Kier molecular flexibility index (Phi) is 5.30. The van der Waals surface area contributed by atoms with Crippen molar-refractivity contribution in [2.45, 2.75) is 32.1 Å². The molecule has 80 valence electrons. The van der Waals surface area contributed by atoms with Gasteiger partial charge in [-0.2, -0.15) is 0 Å². The number of methoxy groups -OCH3 is 1. The molecule has 0 bridgehead atoms. The highest BCUT2D eigenvalue weighted by Gasteiger charge is 2.04. The van der Waals surface area contributed by atoms with E-state index in [9.17, 15) is 4.79 Å². The Balaban J connectivity index is 2.08. The first-order chi connectivity index (χ1) is 6.83. The van der Waals surface area contributed by atoms with Gasteiger partial charge in [0.05, 0.1) is 0 Å². The number of hydrogen-bond acceptors (Lipinski definition) is 2. The molecule has 0 atom stereocenters. The lowest BCUT2D eigenvalue weighted by Gasteiger charge is -2.12. The van der Waals surface area contributed by atoms with Crippen molar-refractivity contribution < 1.29 is 9.53 Å². The van der Waals surface area contributed by atoms with Crippen molar-refractivity contribution in [2.75, 3.05) is 20.3 Å². The molecule has 1 amide bonds. The number of allylic oxidation sites excluding steroid dienone is 1. The quantitative estimate of drug-likeness (QED) is 0.680. The number of nitrogens with one attached hydrogen (secondary N) is 1. The predicted octanol–water partition coefficient (Wildman–Crippen LogP) is 1.64. The van der Waals surface area contributed by atoms with Gasteiger partial charge in [-0.1, -0.05) is 11.6 Å². The average molecular weight is 197 g/mol. The maximum Gasteiger partial charge on any atom is 0.245 e. The van der Waals surface area contributed by atoms with Gasteiger partial charge in [0.15, 0.2) is 0 Å². The lowest BCUT2D eigenvalue weighted by Crippen LogP contribution is -2.28. The zero-order valence-corrected chi connectivity index (χ0v) is 8.84. The molecule has 0 aliphatic heterocycles. The highest BCUT2D eigenvalue weighted by atomic mass is 16.5. The molecule has 1 rings (SSSR count). The van der Waals surface area contributed by atoms with Crippen LogP contribution in [0.1, 0.15) is 32.1 Å². The van der Waals surface area contributed by atoms with E-state index in [0.29, 0.717) is 0 Å². The lowest BCUT2D eigenvalue weighted by molar-refractivity contribution is -0.124. The van der Waals surface area contributed by atoms with Crippen LogP contribution in [0.3, 0.4) is 0 Å². The average Bonchev–Trinajstić information content (AvgIpc) is 2.20. The van der Waals surface area contributed by atoms with E-state index in [0.717, 1.165) is 13.0 Å². The minimum absolute atomic E-state index is 0.0242. The van der Waals surface area contributed by atoms with Gasteiger partial charge in [-0.3, -0.25) is 4.79 Å². The summed E-state index contributed by atoms with van der Waals surface area (Å²) in [6, 6.07) is 0. The summed E-state index contributed by atoms with van der Waals surface area (Å²) in [4.78, 5) is 11.0. The maximum atomic E-state index is 11.0. The molecule has 0 aromatic heterocycles. The van der Waals surface area contributed by atoms with E-state index in [1.165, 1.54) is 38.4 Å². The van der Waals surface area contributed by atoms with Crippen LogP contribution in [0.2, 0.25) is 0 Å². The topological polar surface area (TPSA) is 38.3 Å². The Labute approximate surface area is 85.5 Å². The van der Waals surface area contributed by atoms with E-state index >= 15 is 0 Å². The van der Waals surface area contributed by atoms with Gasteiger partial charge in [-0.05, 0) is 32.1 Å². The van der Waals surface area contributed by atoms with E-state index in [-0.39, 0.29) is 12.5 Å². The van der Waals surface area contributed by atoms with Crippen LogP contribution in [0.5, 0.6) is 0 Å². The van der Waals surface area contributed by atoms with Gasteiger partial charge in [-0.25, -0.2) is 0 Å². The first kappa shape index (κ1) is 11.2. The molecular weight excluding hydrogens is 178 g/mol. The summed E-state index contributed by atoms with van der Waals surface area (Å²) in [6.07, 6.45) is 8.35. The fraction of sp³-hybridized carbons (Fsp3) is 0.727. The van der Waals surface area contributed by atoms with Crippen molar-refractivity contribution in [1.29, 1.82) is 0 Å². The summed E-state index contributed by atoms with van der Waals surface area (Å²) >= 11 is 0. The monoisotopic (exact) mass is 197 g/mol. The summed E-state index contributed by atoms with van der Waals surface area (Å²) in [7, 11) is 1.53. The Morgan fingerprint density at radius 1 is 1.57 bits per heavy atom. The van der Waals surface area contributed by atoms with Crippen LogP contribution in [0.15, 0.2) is 11.6 Å². The zero-order valence-electron chi connectivity index (χ0n) is 8.84. The molecule has 0 saturated heterocycles. The molecule has 1 N–H and O–H groups in total. The minimum Gasteiger partial charge on any atom is -0.375 e. The third-order valence-corrected chi connectivity index (χ3v) is 2.43. The van der Waals surface area contributed by atoms with Crippen LogP contribution in [0, 0.1) is 0 Å². The molecule has 0 fully saturated rings. The molecule has 0 heterocycles. The molecule has 3 heteroatoms. The Morgan fingerprint density at radius 2 is 2.43 bits per heavy atom. The van der Waals surface area contributed by atoms with Gasteiger partial charge in [0, 0.05) is 13.7 Å². The van der Waals surface area contributed by atoms with E-state index in [2.05, 4.69) is 11.4 Å². The molecule has 0 saturated carbocycles. The summed E-state index contributed by atoms with van der Waals surface area (Å²) in [6.45, 7) is 0.910. The molecule has 0 aromatic rings. The molecule has 0 spiro atoms. The highest BCUT2D eigenvalue weighted by Crippen LogP contribution is 2.19. The second kappa shape index (κ2) is 6.60. The van der Waals surface area contributed by atoms with Crippen LogP contribution in [0.25, 0.3) is 0 Å². The third-order valence-electron chi connectivity index (χ3n) is 2.43. The molecular formula is C11H19NO2. The fourth-order valence-electron chi connectivity index (χ4n) is 1.68. The number of carbonyl (C=O) groups excluding carboxylic acids is 1. The van der Waals surface area contributed by atoms with Crippen LogP contribution in [-0.4, -0.2) is 26.2 Å². The van der Waals surface area contributed by atoms with Crippen LogP contribution in [-0.2, 0) is 9.53 Å². The number of amides is 1. The number of hydrogen-bond donors (Lipinski definition) is 1. The molecule has 3 nitrogen and oxygen atoms in total. The molecule has 1 aliphatic carbocycles. The second-order valence-corrected chi connectivity index (χ2v) is 3.64. The van der Waals surface area contributed by atoms with Gasteiger partial charge in [0.1, 0.15) is 6.61 Å². The van der Waals surface area contributed by atoms with Crippen molar-refractivity contribution in [3.63, 3.8) is 0 Å². The SMILES string of the molecule is COCC(=O)NCCC1=CCCCC1. The number of carbonyl (C=O) groups is 1. The van der Waals surface area contributed by atoms with Crippen molar-refractivity contribution >= 4 is 5.91 Å². The minimum atomic E-state index is -0.0242. The molecule has 0 unspecified atom stereocenters. The third kappa shape index (κ3) is 4.42. The largest absolute Gasteiger partial charge is 0.375 e. The van der Waals surface area contributed by atoms with Gasteiger partial charge < -0.3 is 10.1 Å². The fourth-order valence-corrected chi connectivity index (χ4v) is 1.68. The summed E-state index contributed by atoms with van der Waals surface area (Å²) in [5.74, 6) is -0.0242. The first-order valence-corrected chi connectivity index (χ1v) is 5.26. The van der Waals surface area contributed by atoms with E-state index in [1.807, 2.05) is 0 Å². The molecule has 14 heavy (non-hydrogen) atoms. The van der Waals surface area contributed by atoms with Crippen LogP contribution >= 0.6 is 0 Å². The maximum absolute atomic E-state index is 11.0. The van der Waals surface area contributed by atoms with Crippen molar-refractivity contribution in [3.05, 3.63) is 11.6 Å². The van der Waals surface area contributed by atoms with E-state index in [1.54, 1.807) is 0 Å². The van der Waals surface area contributed by atoms with Crippen molar-refractivity contribution in [2.24, 2.45) is 0 Å². The number of rotatable bonds is 5. The van der Waals surface area contributed by atoms with Gasteiger partial charge in [0.2, 0.25) is 5.91 Å². The normalized spacial score (nSPS) is 16.2. The lowest BCUT2D eigenvalue weighted by atomic mass is 9.97. The molecule has 1 aliphatic rings. The predicted molar refractivity (Wildman–Crippen MR) is 56.1 cm³/mol. The highest BCUT2D eigenvalue weighted by molar-refractivity contribution is 5.77. The smallest absolute Gasteiger partial charge is 0.245 e. The standard InChI is InChI=1S/C11H19NO2/c1-14-9-11(13)12-8-7-10-5-3-2-4-6-10/h5H,2-4,6-9H2,1H3,(H,12,13). The van der Waals surface area contributed by atoms with Gasteiger partial charge >= 0.3 is 0 Å². The Hall–Kier alpha value is -0.830. The summed E-state index contributed by atoms with van der Waals surface area (Å²) in [5, 5.41) is 2.83. The number of ether oxygens (including phenoxy) is 1. The molecule has 0 aromatic carbocycles. The van der Waals surface area contributed by atoms with Crippen molar-refractivity contribution in [1.82, 2.24) is 5.32 Å². The zero-order chi connectivity index (χ0) is 10.2. The van der Waals surface area contributed by atoms with Crippen molar-refractivity contribution in [3.8, 4) is 0 Å². The van der Waals surface area contributed by atoms with Gasteiger partial charge in [-0.15, -0.1) is 0 Å². The molecule has 0 radical (unpaired) electrons. The van der Waals surface area contributed by atoms with E-state index < -0.39 is 0 Å². The summed E-state index contributed by atoms with van der Waals surface area (Å²) < 4.78 is 4.72. The van der Waals surface area contributed by atoms with Crippen LogP contribution in [0.4, 0.5) is 0 Å².